The molecule has 0 aliphatic carbocycles. The SMILES string of the molecule is CCOc1cccc2c1ccn2CCO. The fourth-order valence-electron chi connectivity index (χ4n) is 1.78. The summed E-state index contributed by atoms with van der Waals surface area (Å²) >= 11 is 0. The summed E-state index contributed by atoms with van der Waals surface area (Å²) < 4.78 is 7.56. The summed E-state index contributed by atoms with van der Waals surface area (Å²) in [6.07, 6.45) is 1.98. The molecule has 0 saturated carbocycles. The Morgan fingerprint density at radius 2 is 2.20 bits per heavy atom. The van der Waals surface area contributed by atoms with Gasteiger partial charge >= 0.3 is 0 Å². The van der Waals surface area contributed by atoms with Gasteiger partial charge in [0.2, 0.25) is 0 Å². The maximum absolute atomic E-state index is 8.92. The molecule has 0 aliphatic heterocycles. The molecule has 0 saturated heterocycles. The van der Waals surface area contributed by atoms with Crippen molar-refractivity contribution in [2.45, 2.75) is 13.5 Å². The molecule has 15 heavy (non-hydrogen) atoms. The Balaban J connectivity index is 2.48. The van der Waals surface area contributed by atoms with E-state index in [-0.39, 0.29) is 6.61 Å². The molecule has 1 N–H and O–H groups in total. The first-order valence-electron chi connectivity index (χ1n) is 5.18. The van der Waals surface area contributed by atoms with Gasteiger partial charge in [-0.1, -0.05) is 6.07 Å². The average Bonchev–Trinajstić information content (AvgIpc) is 2.64. The number of aromatic nitrogens is 1. The number of fused-ring (bicyclic) bond motifs is 1. The monoisotopic (exact) mass is 205 g/mol. The number of ether oxygens (including phenoxy) is 1. The fraction of sp³-hybridized carbons (Fsp3) is 0.333. The minimum Gasteiger partial charge on any atom is -0.493 e. The zero-order valence-electron chi connectivity index (χ0n) is 8.81. The lowest BCUT2D eigenvalue weighted by atomic mass is 10.2. The number of nitrogens with zero attached hydrogens (tertiary/aromatic N) is 1. The molecule has 2 aromatic rings. The molecule has 2 rings (SSSR count). The largest absolute Gasteiger partial charge is 0.493 e. The van der Waals surface area contributed by atoms with Crippen molar-refractivity contribution in [1.82, 2.24) is 4.57 Å². The lowest BCUT2D eigenvalue weighted by Crippen LogP contribution is -1.99. The van der Waals surface area contributed by atoms with Crippen LogP contribution in [0.4, 0.5) is 0 Å². The number of hydrogen-bond acceptors (Lipinski definition) is 2. The van der Waals surface area contributed by atoms with Crippen LogP contribution < -0.4 is 4.74 Å². The zero-order chi connectivity index (χ0) is 10.7. The lowest BCUT2D eigenvalue weighted by molar-refractivity contribution is 0.278. The van der Waals surface area contributed by atoms with E-state index in [0.29, 0.717) is 13.2 Å². The summed E-state index contributed by atoms with van der Waals surface area (Å²) in [7, 11) is 0. The minimum absolute atomic E-state index is 0.155. The van der Waals surface area contributed by atoms with Crippen LogP contribution in [-0.2, 0) is 6.54 Å². The van der Waals surface area contributed by atoms with E-state index >= 15 is 0 Å². The first-order chi connectivity index (χ1) is 7.36. The topological polar surface area (TPSA) is 34.4 Å². The predicted molar refractivity (Wildman–Crippen MR) is 60.2 cm³/mol. The van der Waals surface area contributed by atoms with E-state index in [2.05, 4.69) is 0 Å². The summed E-state index contributed by atoms with van der Waals surface area (Å²) in [6.45, 7) is 3.43. The number of rotatable bonds is 4. The van der Waals surface area contributed by atoms with Crippen molar-refractivity contribution in [3.8, 4) is 5.75 Å². The normalized spacial score (nSPS) is 10.8. The molecule has 0 unspecified atom stereocenters. The Labute approximate surface area is 88.9 Å². The van der Waals surface area contributed by atoms with Gasteiger partial charge in [-0.2, -0.15) is 0 Å². The molecule has 0 atom stereocenters. The number of aliphatic hydroxyl groups is 1. The number of aliphatic hydroxyl groups excluding tert-OH is 1. The van der Waals surface area contributed by atoms with Gasteiger partial charge in [-0.05, 0) is 25.1 Å². The third-order valence-corrected chi connectivity index (χ3v) is 2.41. The van der Waals surface area contributed by atoms with E-state index in [9.17, 15) is 0 Å². The second-order valence-corrected chi connectivity index (χ2v) is 3.35. The van der Waals surface area contributed by atoms with Gasteiger partial charge in [0, 0.05) is 18.1 Å². The maximum Gasteiger partial charge on any atom is 0.128 e. The van der Waals surface area contributed by atoms with Crippen LogP contribution in [-0.4, -0.2) is 22.9 Å². The summed E-state index contributed by atoms with van der Waals surface area (Å²) in [5, 5.41) is 10.0. The smallest absolute Gasteiger partial charge is 0.128 e. The van der Waals surface area contributed by atoms with Crippen molar-refractivity contribution in [1.29, 1.82) is 0 Å². The second-order valence-electron chi connectivity index (χ2n) is 3.35. The first kappa shape index (κ1) is 10.1. The van der Waals surface area contributed by atoms with Gasteiger partial charge in [-0.15, -0.1) is 0 Å². The number of benzene rings is 1. The molecular formula is C12H15NO2. The highest BCUT2D eigenvalue weighted by molar-refractivity contribution is 5.86. The average molecular weight is 205 g/mol. The van der Waals surface area contributed by atoms with Crippen LogP contribution in [0.15, 0.2) is 30.5 Å². The van der Waals surface area contributed by atoms with Gasteiger partial charge in [-0.25, -0.2) is 0 Å². The summed E-state index contributed by atoms with van der Waals surface area (Å²) in [5.74, 6) is 0.909. The molecule has 3 nitrogen and oxygen atoms in total. The highest BCUT2D eigenvalue weighted by atomic mass is 16.5. The molecule has 1 heterocycles. The Morgan fingerprint density at radius 1 is 1.33 bits per heavy atom. The summed E-state index contributed by atoms with van der Waals surface area (Å²) in [5.41, 5.74) is 1.11. The molecular weight excluding hydrogens is 190 g/mol. The fourth-order valence-corrected chi connectivity index (χ4v) is 1.78. The van der Waals surface area contributed by atoms with Gasteiger partial charge in [0.15, 0.2) is 0 Å². The van der Waals surface area contributed by atoms with Gasteiger partial charge < -0.3 is 14.4 Å². The molecule has 0 aliphatic rings. The van der Waals surface area contributed by atoms with Crippen LogP contribution >= 0.6 is 0 Å². The van der Waals surface area contributed by atoms with Crippen molar-refractivity contribution in [3.63, 3.8) is 0 Å². The predicted octanol–water partition coefficient (Wildman–Crippen LogP) is 2.03. The molecule has 0 fully saturated rings. The standard InChI is InChI=1S/C12H15NO2/c1-2-15-12-5-3-4-11-10(12)6-7-13(11)8-9-14/h3-7,14H,2,8-9H2,1H3. The van der Waals surface area contributed by atoms with E-state index in [4.69, 9.17) is 9.84 Å². The van der Waals surface area contributed by atoms with E-state index in [0.717, 1.165) is 16.7 Å². The third-order valence-electron chi connectivity index (χ3n) is 2.41. The van der Waals surface area contributed by atoms with Crippen molar-refractivity contribution < 1.29 is 9.84 Å². The van der Waals surface area contributed by atoms with Crippen LogP contribution in [0.5, 0.6) is 5.75 Å². The van der Waals surface area contributed by atoms with Gasteiger partial charge in [0.25, 0.3) is 0 Å². The number of hydrogen-bond donors (Lipinski definition) is 1. The van der Waals surface area contributed by atoms with Crippen LogP contribution in [0.1, 0.15) is 6.92 Å². The first-order valence-corrected chi connectivity index (χ1v) is 5.18. The zero-order valence-corrected chi connectivity index (χ0v) is 8.81. The van der Waals surface area contributed by atoms with E-state index in [1.54, 1.807) is 0 Å². The van der Waals surface area contributed by atoms with Crippen LogP contribution in [0, 0.1) is 0 Å². The Kier molecular flexibility index (Phi) is 2.92. The van der Waals surface area contributed by atoms with Crippen molar-refractivity contribution in [3.05, 3.63) is 30.5 Å². The van der Waals surface area contributed by atoms with Gasteiger partial charge in [0.05, 0.1) is 18.7 Å². The highest BCUT2D eigenvalue weighted by Crippen LogP contribution is 2.26. The molecule has 1 aromatic heterocycles. The van der Waals surface area contributed by atoms with Gasteiger partial charge in [0.1, 0.15) is 5.75 Å². The third kappa shape index (κ3) is 1.83. The summed E-state index contributed by atoms with van der Waals surface area (Å²) in [4.78, 5) is 0. The highest BCUT2D eigenvalue weighted by Gasteiger charge is 2.05. The summed E-state index contributed by atoms with van der Waals surface area (Å²) in [6, 6.07) is 8.00. The van der Waals surface area contributed by atoms with Crippen LogP contribution in [0.3, 0.4) is 0 Å². The molecule has 0 radical (unpaired) electrons. The Hall–Kier alpha value is -1.48. The molecule has 1 aromatic carbocycles. The Bertz CT molecular complexity index is 448. The Morgan fingerprint density at radius 3 is 2.93 bits per heavy atom. The minimum atomic E-state index is 0.155. The van der Waals surface area contributed by atoms with E-state index < -0.39 is 0 Å². The maximum atomic E-state index is 8.92. The van der Waals surface area contributed by atoms with Crippen LogP contribution in [0.2, 0.25) is 0 Å². The van der Waals surface area contributed by atoms with Crippen molar-refractivity contribution in [2.75, 3.05) is 13.2 Å². The molecule has 0 spiro atoms. The van der Waals surface area contributed by atoms with E-state index in [1.165, 1.54) is 0 Å². The quantitative estimate of drug-likeness (QED) is 0.828. The molecule has 0 bridgehead atoms. The van der Waals surface area contributed by atoms with Gasteiger partial charge in [-0.3, -0.25) is 0 Å². The molecule has 0 amide bonds. The second kappa shape index (κ2) is 4.36. The van der Waals surface area contributed by atoms with Crippen molar-refractivity contribution >= 4 is 10.9 Å². The van der Waals surface area contributed by atoms with E-state index in [1.807, 2.05) is 42.0 Å². The lowest BCUT2D eigenvalue weighted by Gasteiger charge is -2.06. The molecule has 80 valence electrons. The molecule has 3 heteroatoms. The van der Waals surface area contributed by atoms with Crippen molar-refractivity contribution in [2.24, 2.45) is 0 Å². The van der Waals surface area contributed by atoms with Crippen LogP contribution in [0.25, 0.3) is 10.9 Å².